The Kier molecular flexibility index (Phi) is 5.41. The molecule has 0 atom stereocenters. The van der Waals surface area contributed by atoms with Gasteiger partial charge in [0, 0.05) is 12.7 Å². The molecule has 2 aromatic heterocycles. The van der Waals surface area contributed by atoms with Gasteiger partial charge in [-0.15, -0.1) is 0 Å². The molecular weight excluding hydrogens is 283 g/mol. The molecule has 0 bridgehead atoms. The first-order chi connectivity index (χ1) is 10.5. The molecule has 0 spiro atoms. The molecule has 6 heteroatoms. The van der Waals surface area contributed by atoms with Gasteiger partial charge < -0.3 is 4.90 Å². The fourth-order valence-corrected chi connectivity index (χ4v) is 1.99. The standard InChI is InChI=1S/C16H19FN4O/c1-12(2)10-21(11-14-5-3-4-8-18-14)16(22)20-15-7-6-13(17)9-19-15/h3-9,12H,10-11H2,1-2H3,(H,19,20,22). The van der Waals surface area contributed by atoms with Crippen LogP contribution in [0.3, 0.4) is 0 Å². The van der Waals surface area contributed by atoms with Gasteiger partial charge in [-0.05, 0) is 30.2 Å². The molecule has 0 saturated heterocycles. The van der Waals surface area contributed by atoms with Crippen molar-refractivity contribution in [1.82, 2.24) is 14.9 Å². The molecule has 2 aromatic rings. The molecule has 0 aliphatic rings. The van der Waals surface area contributed by atoms with E-state index in [-0.39, 0.29) is 6.03 Å². The van der Waals surface area contributed by atoms with Crippen LogP contribution < -0.4 is 5.32 Å². The molecular formula is C16H19FN4O. The minimum atomic E-state index is -0.439. The predicted octanol–water partition coefficient (Wildman–Crippen LogP) is 3.31. The number of nitrogens with one attached hydrogen (secondary N) is 1. The van der Waals surface area contributed by atoms with Crippen molar-refractivity contribution in [3.63, 3.8) is 0 Å². The summed E-state index contributed by atoms with van der Waals surface area (Å²) < 4.78 is 12.8. The number of hydrogen-bond donors (Lipinski definition) is 1. The smallest absolute Gasteiger partial charge is 0.318 e. The molecule has 0 aromatic carbocycles. The Morgan fingerprint density at radius 1 is 1.27 bits per heavy atom. The fourth-order valence-electron chi connectivity index (χ4n) is 1.99. The summed E-state index contributed by atoms with van der Waals surface area (Å²) >= 11 is 0. The number of pyridine rings is 2. The van der Waals surface area contributed by atoms with Crippen LogP contribution in [0, 0.1) is 11.7 Å². The van der Waals surface area contributed by atoms with E-state index in [0.29, 0.717) is 24.8 Å². The van der Waals surface area contributed by atoms with Crippen molar-refractivity contribution in [3.8, 4) is 0 Å². The van der Waals surface area contributed by atoms with E-state index in [1.54, 1.807) is 11.1 Å². The third-order valence-corrected chi connectivity index (χ3v) is 2.91. The SMILES string of the molecule is CC(C)CN(Cc1ccccn1)C(=O)Nc1ccc(F)cn1. The highest BCUT2D eigenvalue weighted by Gasteiger charge is 2.16. The summed E-state index contributed by atoms with van der Waals surface area (Å²) in [4.78, 5) is 22.1. The molecule has 116 valence electrons. The van der Waals surface area contributed by atoms with Gasteiger partial charge in [0.1, 0.15) is 11.6 Å². The summed E-state index contributed by atoms with van der Waals surface area (Å²) in [6.07, 6.45) is 2.77. The van der Waals surface area contributed by atoms with Gasteiger partial charge in [-0.1, -0.05) is 19.9 Å². The van der Waals surface area contributed by atoms with Crippen molar-refractivity contribution < 1.29 is 9.18 Å². The lowest BCUT2D eigenvalue weighted by Crippen LogP contribution is -2.37. The zero-order chi connectivity index (χ0) is 15.9. The van der Waals surface area contributed by atoms with Crippen LogP contribution in [0.2, 0.25) is 0 Å². The lowest BCUT2D eigenvalue weighted by molar-refractivity contribution is 0.201. The Labute approximate surface area is 129 Å². The number of rotatable bonds is 5. The molecule has 22 heavy (non-hydrogen) atoms. The normalized spacial score (nSPS) is 10.5. The minimum Gasteiger partial charge on any atom is -0.318 e. The second-order valence-electron chi connectivity index (χ2n) is 5.39. The molecule has 1 N–H and O–H groups in total. The van der Waals surface area contributed by atoms with Crippen molar-refractivity contribution in [1.29, 1.82) is 0 Å². The maximum atomic E-state index is 12.8. The lowest BCUT2D eigenvalue weighted by atomic mass is 10.2. The maximum Gasteiger partial charge on any atom is 0.323 e. The Balaban J connectivity index is 2.07. The van der Waals surface area contributed by atoms with E-state index < -0.39 is 5.82 Å². The zero-order valence-corrected chi connectivity index (χ0v) is 12.7. The van der Waals surface area contributed by atoms with Gasteiger partial charge in [0.15, 0.2) is 0 Å². The molecule has 5 nitrogen and oxygen atoms in total. The molecule has 2 amide bonds. The number of carbonyl (C=O) groups excluding carboxylic acids is 1. The van der Waals surface area contributed by atoms with Crippen LogP contribution in [0.5, 0.6) is 0 Å². The number of amides is 2. The number of urea groups is 1. The van der Waals surface area contributed by atoms with Gasteiger partial charge in [0.2, 0.25) is 0 Å². The number of aromatic nitrogens is 2. The van der Waals surface area contributed by atoms with Crippen LogP contribution in [-0.4, -0.2) is 27.4 Å². The van der Waals surface area contributed by atoms with E-state index in [1.165, 1.54) is 12.1 Å². The molecule has 0 saturated carbocycles. The Morgan fingerprint density at radius 3 is 2.68 bits per heavy atom. The highest BCUT2D eigenvalue weighted by atomic mass is 19.1. The summed E-state index contributed by atoms with van der Waals surface area (Å²) in [7, 11) is 0. The summed E-state index contributed by atoms with van der Waals surface area (Å²) in [5, 5.41) is 2.68. The van der Waals surface area contributed by atoms with Crippen LogP contribution in [-0.2, 0) is 6.54 Å². The molecule has 0 aliphatic carbocycles. The first kappa shape index (κ1) is 15.9. The van der Waals surface area contributed by atoms with Gasteiger partial charge in [-0.25, -0.2) is 14.2 Å². The summed E-state index contributed by atoms with van der Waals surface area (Å²) in [6.45, 7) is 5.07. The molecule has 0 fully saturated rings. The van der Waals surface area contributed by atoms with Gasteiger partial charge >= 0.3 is 6.03 Å². The molecule has 2 heterocycles. The van der Waals surface area contributed by atoms with Crippen LogP contribution in [0.1, 0.15) is 19.5 Å². The second kappa shape index (κ2) is 7.49. The van der Waals surface area contributed by atoms with E-state index in [1.807, 2.05) is 32.0 Å². The first-order valence-electron chi connectivity index (χ1n) is 7.12. The topological polar surface area (TPSA) is 58.1 Å². The quantitative estimate of drug-likeness (QED) is 0.922. The van der Waals surface area contributed by atoms with Crippen molar-refractivity contribution in [2.75, 3.05) is 11.9 Å². The maximum absolute atomic E-state index is 12.8. The number of halogens is 1. The van der Waals surface area contributed by atoms with Crippen molar-refractivity contribution in [2.24, 2.45) is 5.92 Å². The number of hydrogen-bond acceptors (Lipinski definition) is 3. The zero-order valence-electron chi connectivity index (χ0n) is 12.7. The first-order valence-corrected chi connectivity index (χ1v) is 7.12. The van der Waals surface area contributed by atoms with Gasteiger partial charge in [-0.3, -0.25) is 10.3 Å². The number of nitrogens with zero attached hydrogens (tertiary/aromatic N) is 3. The van der Waals surface area contributed by atoms with E-state index >= 15 is 0 Å². The van der Waals surface area contributed by atoms with Crippen LogP contribution in [0.15, 0.2) is 42.7 Å². The van der Waals surface area contributed by atoms with Crippen molar-refractivity contribution in [2.45, 2.75) is 20.4 Å². The van der Waals surface area contributed by atoms with Crippen LogP contribution in [0.25, 0.3) is 0 Å². The third-order valence-electron chi connectivity index (χ3n) is 2.91. The largest absolute Gasteiger partial charge is 0.323 e. The van der Waals surface area contributed by atoms with Crippen LogP contribution >= 0.6 is 0 Å². The molecule has 0 radical (unpaired) electrons. The Morgan fingerprint density at radius 2 is 2.09 bits per heavy atom. The van der Waals surface area contributed by atoms with Crippen molar-refractivity contribution >= 4 is 11.8 Å². The molecule has 0 unspecified atom stereocenters. The van der Waals surface area contributed by atoms with E-state index in [0.717, 1.165) is 11.9 Å². The lowest BCUT2D eigenvalue weighted by Gasteiger charge is -2.24. The molecule has 0 aliphatic heterocycles. The monoisotopic (exact) mass is 302 g/mol. The highest BCUT2D eigenvalue weighted by molar-refractivity contribution is 5.88. The Bertz CT molecular complexity index is 601. The van der Waals surface area contributed by atoms with Gasteiger partial charge in [0.25, 0.3) is 0 Å². The minimum absolute atomic E-state index is 0.279. The van der Waals surface area contributed by atoms with Gasteiger partial charge in [0.05, 0.1) is 18.4 Å². The van der Waals surface area contributed by atoms with Gasteiger partial charge in [-0.2, -0.15) is 0 Å². The predicted molar refractivity (Wildman–Crippen MR) is 82.7 cm³/mol. The van der Waals surface area contributed by atoms with E-state index in [9.17, 15) is 9.18 Å². The van der Waals surface area contributed by atoms with Crippen LogP contribution in [0.4, 0.5) is 15.0 Å². The molecule has 2 rings (SSSR count). The number of anilines is 1. The Hall–Kier alpha value is -2.50. The summed E-state index contributed by atoms with van der Waals surface area (Å²) in [5.74, 6) is 0.197. The average Bonchev–Trinajstić information content (AvgIpc) is 2.49. The summed E-state index contributed by atoms with van der Waals surface area (Å²) in [5.41, 5.74) is 0.811. The van der Waals surface area contributed by atoms with Crippen molar-refractivity contribution in [3.05, 3.63) is 54.2 Å². The third kappa shape index (κ3) is 4.80. The van der Waals surface area contributed by atoms with E-state index in [4.69, 9.17) is 0 Å². The van der Waals surface area contributed by atoms with E-state index in [2.05, 4.69) is 15.3 Å². The fraction of sp³-hybridized carbons (Fsp3) is 0.312. The highest BCUT2D eigenvalue weighted by Crippen LogP contribution is 2.09. The average molecular weight is 302 g/mol. The second-order valence-corrected chi connectivity index (χ2v) is 5.39. The number of carbonyl (C=O) groups is 1. The summed E-state index contributed by atoms with van der Waals surface area (Å²) in [6, 6.07) is 8.00.